The summed E-state index contributed by atoms with van der Waals surface area (Å²) < 4.78 is 28.5. The van der Waals surface area contributed by atoms with Crippen LogP contribution in [0.4, 0.5) is 0 Å². The quantitative estimate of drug-likeness (QED) is 0.739. The highest BCUT2D eigenvalue weighted by atomic mass is 32.2. The molecule has 128 valence electrons. The van der Waals surface area contributed by atoms with Gasteiger partial charge in [-0.25, -0.2) is 8.42 Å². The van der Waals surface area contributed by atoms with E-state index in [0.29, 0.717) is 17.5 Å². The van der Waals surface area contributed by atoms with Gasteiger partial charge in [-0.3, -0.25) is 4.79 Å². The summed E-state index contributed by atoms with van der Waals surface area (Å²) in [6.45, 7) is 0. The van der Waals surface area contributed by atoms with Crippen LogP contribution in [0.1, 0.15) is 6.42 Å². The molecule has 0 N–H and O–H groups in total. The molecule has 1 aromatic carbocycles. The molecule has 2 heterocycles. The Bertz CT molecular complexity index is 820. The molecule has 0 bridgehead atoms. The Balaban J connectivity index is 1.56. The van der Waals surface area contributed by atoms with Crippen LogP contribution in [0.25, 0.3) is 11.5 Å². The lowest BCUT2D eigenvalue weighted by atomic mass is 10.2. The largest absolute Gasteiger partial charge is 0.411 e. The van der Waals surface area contributed by atoms with Crippen LogP contribution in [0.2, 0.25) is 0 Å². The number of amides is 1. The number of carbonyl (C=O) groups is 1. The van der Waals surface area contributed by atoms with Crippen LogP contribution in [0.5, 0.6) is 0 Å². The minimum Gasteiger partial charge on any atom is -0.411 e. The van der Waals surface area contributed by atoms with Crippen LogP contribution in [-0.4, -0.2) is 59.8 Å². The molecule has 24 heavy (non-hydrogen) atoms. The SMILES string of the molecule is CN(C(=O)CSc1nnc(-c2ccccc2)o1)[C@@H]1CCS(=O)(=O)C1. The van der Waals surface area contributed by atoms with Crippen LogP contribution in [-0.2, 0) is 14.6 Å². The third-order valence-corrected chi connectivity index (χ3v) is 6.45. The van der Waals surface area contributed by atoms with E-state index in [2.05, 4.69) is 10.2 Å². The average Bonchev–Trinajstić information content (AvgIpc) is 3.19. The first-order valence-electron chi connectivity index (χ1n) is 7.42. The molecule has 2 aromatic rings. The second kappa shape index (κ2) is 6.94. The topological polar surface area (TPSA) is 93.4 Å². The number of rotatable bonds is 5. The highest BCUT2D eigenvalue weighted by Gasteiger charge is 2.32. The maximum Gasteiger partial charge on any atom is 0.277 e. The zero-order valence-corrected chi connectivity index (χ0v) is 14.7. The molecule has 1 fully saturated rings. The smallest absolute Gasteiger partial charge is 0.277 e. The monoisotopic (exact) mass is 367 g/mol. The van der Waals surface area contributed by atoms with Crippen molar-refractivity contribution in [1.82, 2.24) is 15.1 Å². The maximum absolute atomic E-state index is 12.2. The van der Waals surface area contributed by atoms with Crippen LogP contribution in [0.15, 0.2) is 40.0 Å². The number of carbonyl (C=O) groups excluding carboxylic acids is 1. The Labute approximate surface area is 144 Å². The van der Waals surface area contributed by atoms with Crippen LogP contribution in [0.3, 0.4) is 0 Å². The summed E-state index contributed by atoms with van der Waals surface area (Å²) in [5, 5.41) is 8.20. The average molecular weight is 367 g/mol. The van der Waals surface area contributed by atoms with Gasteiger partial charge >= 0.3 is 0 Å². The van der Waals surface area contributed by atoms with Crippen molar-refractivity contribution in [3.05, 3.63) is 30.3 Å². The first-order valence-corrected chi connectivity index (χ1v) is 10.2. The molecular weight excluding hydrogens is 350 g/mol. The molecule has 0 unspecified atom stereocenters. The Kier molecular flexibility index (Phi) is 4.91. The lowest BCUT2D eigenvalue weighted by molar-refractivity contribution is -0.128. The van der Waals surface area contributed by atoms with E-state index in [4.69, 9.17) is 4.42 Å². The molecule has 1 amide bonds. The van der Waals surface area contributed by atoms with E-state index >= 15 is 0 Å². The van der Waals surface area contributed by atoms with Crippen molar-refractivity contribution in [2.75, 3.05) is 24.3 Å². The van der Waals surface area contributed by atoms with Crippen LogP contribution < -0.4 is 0 Å². The molecule has 1 saturated heterocycles. The molecule has 1 atom stereocenters. The number of hydrogen-bond donors (Lipinski definition) is 0. The third-order valence-electron chi connectivity index (χ3n) is 3.90. The number of sulfone groups is 1. The van der Waals surface area contributed by atoms with E-state index in [1.165, 1.54) is 4.90 Å². The Hall–Kier alpha value is -1.87. The standard InChI is InChI=1S/C15H17N3O4S2/c1-18(12-7-8-24(20,21)10-12)13(19)9-23-15-17-16-14(22-15)11-5-3-2-4-6-11/h2-6,12H,7-10H2,1H3/t12-/m1/s1. The minimum atomic E-state index is -3.01. The van der Waals surface area contributed by atoms with Gasteiger partial charge in [0.2, 0.25) is 11.8 Å². The Morgan fingerprint density at radius 1 is 1.33 bits per heavy atom. The lowest BCUT2D eigenvalue weighted by Crippen LogP contribution is -2.38. The summed E-state index contributed by atoms with van der Waals surface area (Å²) in [5.74, 6) is 0.566. The van der Waals surface area contributed by atoms with Gasteiger partial charge in [0, 0.05) is 18.7 Å². The minimum absolute atomic E-state index is 0.0403. The number of benzene rings is 1. The fourth-order valence-electron chi connectivity index (χ4n) is 2.48. The number of nitrogens with zero attached hydrogens (tertiary/aromatic N) is 3. The van der Waals surface area contributed by atoms with Crippen molar-refractivity contribution in [2.45, 2.75) is 17.7 Å². The highest BCUT2D eigenvalue weighted by Crippen LogP contribution is 2.24. The molecule has 7 nitrogen and oxygen atoms in total. The molecule has 0 radical (unpaired) electrons. The van der Waals surface area contributed by atoms with Crippen LogP contribution in [0, 0.1) is 0 Å². The molecule has 9 heteroatoms. The van der Waals surface area contributed by atoms with Crippen LogP contribution >= 0.6 is 11.8 Å². The zero-order valence-electron chi connectivity index (χ0n) is 13.1. The second-order valence-electron chi connectivity index (χ2n) is 5.59. The van der Waals surface area contributed by atoms with Gasteiger partial charge in [0.15, 0.2) is 9.84 Å². The van der Waals surface area contributed by atoms with Gasteiger partial charge in [-0.2, -0.15) is 0 Å². The predicted octanol–water partition coefficient (Wildman–Crippen LogP) is 1.47. The molecule has 1 aliphatic heterocycles. The van der Waals surface area contributed by atoms with E-state index < -0.39 is 9.84 Å². The predicted molar refractivity (Wildman–Crippen MR) is 90.3 cm³/mol. The maximum atomic E-state index is 12.2. The Morgan fingerprint density at radius 2 is 2.08 bits per heavy atom. The van der Waals surface area contributed by atoms with Gasteiger partial charge in [-0.15, -0.1) is 10.2 Å². The van der Waals surface area contributed by atoms with Gasteiger partial charge in [0.1, 0.15) is 0 Å². The van der Waals surface area contributed by atoms with E-state index in [0.717, 1.165) is 17.3 Å². The van der Waals surface area contributed by atoms with Crippen molar-refractivity contribution < 1.29 is 17.6 Å². The van der Waals surface area contributed by atoms with Gasteiger partial charge in [-0.1, -0.05) is 30.0 Å². The summed E-state index contributed by atoms with van der Waals surface area (Å²) >= 11 is 1.15. The molecule has 0 saturated carbocycles. The van der Waals surface area contributed by atoms with Crippen molar-refractivity contribution >= 4 is 27.5 Å². The lowest BCUT2D eigenvalue weighted by Gasteiger charge is -2.22. The van der Waals surface area contributed by atoms with E-state index in [-0.39, 0.29) is 29.2 Å². The normalized spacial score (nSPS) is 19.3. The first-order chi connectivity index (χ1) is 11.4. The van der Waals surface area contributed by atoms with E-state index in [1.807, 2.05) is 30.3 Å². The van der Waals surface area contributed by atoms with Gasteiger partial charge in [0.05, 0.1) is 17.3 Å². The number of hydrogen-bond acceptors (Lipinski definition) is 7. The molecule has 0 spiro atoms. The molecule has 1 aliphatic rings. The highest BCUT2D eigenvalue weighted by molar-refractivity contribution is 7.99. The molecular formula is C15H17N3O4S2. The third kappa shape index (κ3) is 3.96. The van der Waals surface area contributed by atoms with Crippen molar-refractivity contribution in [1.29, 1.82) is 0 Å². The van der Waals surface area contributed by atoms with E-state index in [9.17, 15) is 13.2 Å². The number of aromatic nitrogens is 2. The second-order valence-corrected chi connectivity index (χ2v) is 8.74. The molecule has 3 rings (SSSR count). The Morgan fingerprint density at radius 3 is 2.75 bits per heavy atom. The fourth-order valence-corrected chi connectivity index (χ4v) is 4.94. The van der Waals surface area contributed by atoms with Gasteiger partial charge in [-0.05, 0) is 18.6 Å². The fraction of sp³-hybridized carbons (Fsp3) is 0.400. The summed E-state index contributed by atoms with van der Waals surface area (Å²) in [4.78, 5) is 13.7. The van der Waals surface area contributed by atoms with Crippen molar-refractivity contribution in [3.8, 4) is 11.5 Å². The summed E-state index contributed by atoms with van der Waals surface area (Å²) in [7, 11) is -1.37. The van der Waals surface area contributed by atoms with E-state index in [1.54, 1.807) is 7.05 Å². The van der Waals surface area contributed by atoms with Gasteiger partial charge < -0.3 is 9.32 Å². The van der Waals surface area contributed by atoms with Crippen molar-refractivity contribution in [3.63, 3.8) is 0 Å². The summed E-state index contributed by atoms with van der Waals surface area (Å²) in [6.07, 6.45) is 0.494. The molecule has 0 aliphatic carbocycles. The molecule has 1 aromatic heterocycles. The number of thioether (sulfide) groups is 1. The summed E-state index contributed by atoms with van der Waals surface area (Å²) in [5.41, 5.74) is 0.816. The van der Waals surface area contributed by atoms with Crippen molar-refractivity contribution in [2.24, 2.45) is 0 Å². The first kappa shape index (κ1) is 17.0. The van der Waals surface area contributed by atoms with Gasteiger partial charge in [0.25, 0.3) is 5.22 Å². The zero-order chi connectivity index (χ0) is 17.2. The summed E-state index contributed by atoms with van der Waals surface area (Å²) in [6, 6.07) is 9.13.